The molecule has 0 amide bonds. The van der Waals surface area contributed by atoms with Crippen LogP contribution < -0.4 is 10.6 Å². The van der Waals surface area contributed by atoms with E-state index in [1.165, 1.54) is 0 Å². The smallest absolute Gasteiger partial charge is 0.138 e. The number of hydrogen-bond donors (Lipinski definition) is 2. The van der Waals surface area contributed by atoms with Crippen molar-refractivity contribution >= 4 is 27.4 Å². The number of rotatable bonds is 5. The third-order valence-corrected chi connectivity index (χ3v) is 3.05. The van der Waals surface area contributed by atoms with E-state index in [9.17, 15) is 0 Å². The highest BCUT2D eigenvalue weighted by Gasteiger charge is 2.03. The fraction of sp³-hybridized carbons (Fsp3) is 0.455. The zero-order valence-electron chi connectivity index (χ0n) is 9.53. The Bertz CT molecular complexity index is 452. The lowest BCUT2D eigenvalue weighted by molar-refractivity contribution is 0.602. The molecule has 16 heavy (non-hydrogen) atoms. The van der Waals surface area contributed by atoms with Gasteiger partial charge in [0.1, 0.15) is 17.0 Å². The van der Waals surface area contributed by atoms with Gasteiger partial charge in [0.2, 0.25) is 0 Å². The van der Waals surface area contributed by atoms with Gasteiger partial charge in [-0.2, -0.15) is 0 Å². The van der Waals surface area contributed by atoms with Gasteiger partial charge in [0, 0.05) is 19.1 Å². The van der Waals surface area contributed by atoms with E-state index < -0.39 is 0 Å². The minimum atomic E-state index is 0.522. The van der Waals surface area contributed by atoms with E-state index in [1.807, 2.05) is 5.38 Å². The number of fused-ring (bicyclic) bond motifs is 1. The molecule has 0 unspecified atom stereocenters. The minimum Gasteiger partial charge on any atom is -0.368 e. The van der Waals surface area contributed by atoms with Crippen LogP contribution in [0.1, 0.15) is 13.8 Å². The predicted octanol–water partition coefficient (Wildman–Crippen LogP) is 2.10. The van der Waals surface area contributed by atoms with E-state index in [4.69, 9.17) is 0 Å². The number of nitrogens with one attached hydrogen (secondary N) is 2. The quantitative estimate of drug-likeness (QED) is 0.781. The monoisotopic (exact) mass is 236 g/mol. The second-order valence-electron chi connectivity index (χ2n) is 3.90. The minimum absolute atomic E-state index is 0.522. The molecule has 2 rings (SSSR count). The van der Waals surface area contributed by atoms with Crippen LogP contribution in [-0.4, -0.2) is 29.1 Å². The zero-order valence-corrected chi connectivity index (χ0v) is 10.3. The molecule has 2 aromatic heterocycles. The summed E-state index contributed by atoms with van der Waals surface area (Å²) in [5, 5.41) is 9.82. The molecule has 5 heteroatoms. The van der Waals surface area contributed by atoms with Gasteiger partial charge in [-0.05, 0) is 11.4 Å². The van der Waals surface area contributed by atoms with Gasteiger partial charge >= 0.3 is 0 Å². The average Bonchev–Trinajstić information content (AvgIpc) is 2.72. The third-order valence-electron chi connectivity index (χ3n) is 2.23. The van der Waals surface area contributed by atoms with E-state index in [1.54, 1.807) is 17.7 Å². The Hall–Kier alpha value is -1.20. The summed E-state index contributed by atoms with van der Waals surface area (Å²) in [4.78, 5) is 9.50. The Kier molecular flexibility index (Phi) is 3.69. The average molecular weight is 236 g/mol. The Morgan fingerprint density at radius 2 is 2.19 bits per heavy atom. The number of hydrogen-bond acceptors (Lipinski definition) is 5. The van der Waals surface area contributed by atoms with Crippen LogP contribution in [0, 0.1) is 0 Å². The van der Waals surface area contributed by atoms with Crippen molar-refractivity contribution in [2.45, 2.75) is 19.9 Å². The van der Waals surface area contributed by atoms with Crippen LogP contribution in [0.25, 0.3) is 10.2 Å². The van der Waals surface area contributed by atoms with Crippen LogP contribution in [0.15, 0.2) is 17.8 Å². The van der Waals surface area contributed by atoms with Gasteiger partial charge in [-0.25, -0.2) is 9.97 Å². The Morgan fingerprint density at radius 1 is 1.31 bits per heavy atom. The van der Waals surface area contributed by atoms with Gasteiger partial charge in [-0.15, -0.1) is 11.3 Å². The molecule has 0 aromatic carbocycles. The van der Waals surface area contributed by atoms with Crippen LogP contribution in [0.4, 0.5) is 5.82 Å². The highest BCUT2D eigenvalue weighted by Crippen LogP contribution is 2.23. The molecule has 0 aliphatic heterocycles. The summed E-state index contributed by atoms with van der Waals surface area (Å²) >= 11 is 1.64. The van der Waals surface area contributed by atoms with E-state index in [0.29, 0.717) is 6.04 Å². The van der Waals surface area contributed by atoms with E-state index in [2.05, 4.69) is 40.5 Å². The molecule has 0 radical (unpaired) electrons. The third kappa shape index (κ3) is 2.68. The van der Waals surface area contributed by atoms with Crippen LogP contribution >= 0.6 is 11.3 Å². The molecule has 0 aliphatic rings. The van der Waals surface area contributed by atoms with Gasteiger partial charge in [0.15, 0.2) is 0 Å². The molecule has 2 heterocycles. The normalized spacial score (nSPS) is 11.2. The van der Waals surface area contributed by atoms with Crippen LogP contribution in [0.5, 0.6) is 0 Å². The van der Waals surface area contributed by atoms with Crippen molar-refractivity contribution in [1.82, 2.24) is 15.3 Å². The van der Waals surface area contributed by atoms with Gasteiger partial charge < -0.3 is 10.6 Å². The molecule has 0 bridgehead atoms. The van der Waals surface area contributed by atoms with Crippen LogP contribution in [0.3, 0.4) is 0 Å². The van der Waals surface area contributed by atoms with E-state index in [-0.39, 0.29) is 0 Å². The Morgan fingerprint density at radius 3 is 3.00 bits per heavy atom. The highest BCUT2D eigenvalue weighted by atomic mass is 32.1. The zero-order chi connectivity index (χ0) is 11.4. The fourth-order valence-corrected chi connectivity index (χ4v) is 2.21. The topological polar surface area (TPSA) is 49.8 Å². The summed E-state index contributed by atoms with van der Waals surface area (Å²) in [6.07, 6.45) is 1.61. The van der Waals surface area contributed by atoms with Crippen LogP contribution in [0.2, 0.25) is 0 Å². The number of nitrogens with zero attached hydrogens (tertiary/aromatic N) is 2. The number of anilines is 1. The summed E-state index contributed by atoms with van der Waals surface area (Å²) in [7, 11) is 0. The molecule has 2 N–H and O–H groups in total. The largest absolute Gasteiger partial charge is 0.368 e. The molecule has 0 fully saturated rings. The van der Waals surface area contributed by atoms with Gasteiger partial charge in [-0.1, -0.05) is 13.8 Å². The Balaban J connectivity index is 1.96. The first-order valence-electron chi connectivity index (χ1n) is 5.43. The Labute approximate surface area is 99.1 Å². The van der Waals surface area contributed by atoms with E-state index in [0.717, 1.165) is 29.1 Å². The van der Waals surface area contributed by atoms with Crippen molar-refractivity contribution in [3.05, 3.63) is 17.8 Å². The van der Waals surface area contributed by atoms with Crippen molar-refractivity contribution in [2.75, 3.05) is 18.4 Å². The molecule has 0 saturated carbocycles. The maximum atomic E-state index is 4.25. The molecule has 0 aliphatic carbocycles. The summed E-state index contributed by atoms with van der Waals surface area (Å²) in [5.41, 5.74) is 0. The summed E-state index contributed by atoms with van der Waals surface area (Å²) in [5.74, 6) is 0.928. The first-order valence-corrected chi connectivity index (χ1v) is 6.31. The van der Waals surface area contributed by atoms with Gasteiger partial charge in [0.05, 0.1) is 5.39 Å². The summed E-state index contributed by atoms with van der Waals surface area (Å²) in [6.45, 7) is 6.09. The standard InChI is InChI=1S/C11H16N4S/c1-8(2)12-4-5-13-10-9-3-6-16-11(9)15-7-14-10/h3,6-8,12H,4-5H2,1-2H3,(H,13,14,15). The number of aromatic nitrogens is 2. The maximum absolute atomic E-state index is 4.25. The second kappa shape index (κ2) is 5.23. The first-order chi connectivity index (χ1) is 7.77. The molecule has 0 saturated heterocycles. The molecular formula is C11H16N4S. The fourth-order valence-electron chi connectivity index (χ4n) is 1.47. The lowest BCUT2D eigenvalue weighted by atomic mass is 10.3. The molecule has 0 atom stereocenters. The SMILES string of the molecule is CC(C)NCCNc1ncnc2sccc12. The lowest BCUT2D eigenvalue weighted by Gasteiger charge is -2.09. The van der Waals surface area contributed by atoms with Crippen molar-refractivity contribution < 1.29 is 0 Å². The van der Waals surface area contributed by atoms with Crippen molar-refractivity contribution in [1.29, 1.82) is 0 Å². The lowest BCUT2D eigenvalue weighted by Crippen LogP contribution is -2.28. The number of thiophene rings is 1. The van der Waals surface area contributed by atoms with Crippen LogP contribution in [-0.2, 0) is 0 Å². The molecular weight excluding hydrogens is 220 g/mol. The van der Waals surface area contributed by atoms with Crippen molar-refractivity contribution in [2.24, 2.45) is 0 Å². The summed E-state index contributed by atoms with van der Waals surface area (Å²) in [6, 6.07) is 2.58. The molecule has 86 valence electrons. The van der Waals surface area contributed by atoms with Crippen molar-refractivity contribution in [3.8, 4) is 0 Å². The maximum Gasteiger partial charge on any atom is 0.138 e. The predicted molar refractivity (Wildman–Crippen MR) is 69.0 cm³/mol. The van der Waals surface area contributed by atoms with Crippen molar-refractivity contribution in [3.63, 3.8) is 0 Å². The first kappa shape index (κ1) is 11.3. The molecule has 0 spiro atoms. The van der Waals surface area contributed by atoms with Gasteiger partial charge in [0.25, 0.3) is 0 Å². The molecule has 2 aromatic rings. The van der Waals surface area contributed by atoms with Gasteiger partial charge in [-0.3, -0.25) is 0 Å². The summed E-state index contributed by atoms with van der Waals surface area (Å²) < 4.78 is 0. The highest BCUT2D eigenvalue weighted by molar-refractivity contribution is 7.16. The molecule has 4 nitrogen and oxygen atoms in total. The second-order valence-corrected chi connectivity index (χ2v) is 4.79. The van der Waals surface area contributed by atoms with E-state index >= 15 is 0 Å².